The number of nitrogens with one attached hydrogen (secondary N) is 2. The molecular formula is C19H23BrN2O4S. The molecule has 1 aromatic heterocycles. The van der Waals surface area contributed by atoms with Gasteiger partial charge in [-0.2, -0.15) is 0 Å². The minimum atomic E-state index is -0.270. The molecule has 0 bridgehead atoms. The maximum Gasteiger partial charge on any atom is 0.261 e. The molecule has 0 spiro atoms. The molecule has 0 saturated carbocycles. The van der Waals surface area contributed by atoms with E-state index in [0.29, 0.717) is 29.6 Å². The first-order valence-corrected chi connectivity index (χ1v) is 10.3. The van der Waals surface area contributed by atoms with Crippen LogP contribution in [0.3, 0.4) is 0 Å². The van der Waals surface area contributed by atoms with Gasteiger partial charge in [0.15, 0.2) is 11.5 Å². The Hall–Kier alpha value is -2.06. The fourth-order valence-corrected chi connectivity index (χ4v) is 3.70. The lowest BCUT2D eigenvalue weighted by Gasteiger charge is -2.17. The standard InChI is InChI=1S/C19H23BrN2O4S/c1-4-25-14-7-6-13(10-15(14)26-5-2)12(3)22-18(23)11-21-19(24)16-8-9-17(20)27-16/h6-10,12H,4-5,11H2,1-3H3,(H,21,24)(H,22,23). The highest BCUT2D eigenvalue weighted by atomic mass is 79.9. The lowest BCUT2D eigenvalue weighted by Crippen LogP contribution is -2.37. The van der Waals surface area contributed by atoms with Gasteiger partial charge in [0.1, 0.15) is 0 Å². The summed E-state index contributed by atoms with van der Waals surface area (Å²) in [6.07, 6.45) is 0. The van der Waals surface area contributed by atoms with E-state index in [-0.39, 0.29) is 24.4 Å². The summed E-state index contributed by atoms with van der Waals surface area (Å²) in [6, 6.07) is 8.86. The molecule has 1 unspecified atom stereocenters. The molecule has 0 aliphatic rings. The minimum Gasteiger partial charge on any atom is -0.490 e. The van der Waals surface area contributed by atoms with Crippen molar-refractivity contribution >= 4 is 39.1 Å². The number of rotatable bonds is 9. The van der Waals surface area contributed by atoms with E-state index in [9.17, 15) is 9.59 Å². The molecule has 1 aromatic carbocycles. The number of hydrogen-bond acceptors (Lipinski definition) is 5. The summed E-state index contributed by atoms with van der Waals surface area (Å²) in [5.41, 5.74) is 0.892. The van der Waals surface area contributed by atoms with Crippen molar-refractivity contribution in [1.29, 1.82) is 0 Å². The van der Waals surface area contributed by atoms with Gasteiger partial charge in [-0.1, -0.05) is 6.07 Å². The molecule has 0 radical (unpaired) electrons. The number of benzene rings is 1. The van der Waals surface area contributed by atoms with Crippen LogP contribution in [0.4, 0.5) is 0 Å². The minimum absolute atomic E-state index is 0.0892. The maximum absolute atomic E-state index is 12.2. The topological polar surface area (TPSA) is 76.7 Å². The summed E-state index contributed by atoms with van der Waals surface area (Å²) in [5.74, 6) is 0.789. The molecule has 2 rings (SSSR count). The molecule has 0 aliphatic carbocycles. The zero-order chi connectivity index (χ0) is 19.8. The predicted molar refractivity (Wildman–Crippen MR) is 110 cm³/mol. The van der Waals surface area contributed by atoms with E-state index in [1.807, 2.05) is 39.0 Å². The van der Waals surface area contributed by atoms with Gasteiger partial charge in [-0.15, -0.1) is 11.3 Å². The summed E-state index contributed by atoms with van der Waals surface area (Å²) in [4.78, 5) is 24.7. The van der Waals surface area contributed by atoms with Gasteiger partial charge in [-0.3, -0.25) is 9.59 Å². The average molecular weight is 455 g/mol. The molecule has 0 aliphatic heterocycles. The van der Waals surface area contributed by atoms with E-state index in [2.05, 4.69) is 26.6 Å². The van der Waals surface area contributed by atoms with Crippen LogP contribution in [-0.2, 0) is 4.79 Å². The summed E-state index contributed by atoms with van der Waals surface area (Å²) < 4.78 is 12.0. The second-order valence-corrected chi connectivity index (χ2v) is 8.11. The van der Waals surface area contributed by atoms with E-state index in [4.69, 9.17) is 9.47 Å². The van der Waals surface area contributed by atoms with Crippen LogP contribution in [0.2, 0.25) is 0 Å². The molecule has 1 heterocycles. The Labute approximate surface area is 171 Å². The molecule has 2 amide bonds. The van der Waals surface area contributed by atoms with Crippen LogP contribution in [0.1, 0.15) is 42.0 Å². The van der Waals surface area contributed by atoms with Crippen LogP contribution in [-0.4, -0.2) is 31.6 Å². The Morgan fingerprint density at radius 2 is 1.81 bits per heavy atom. The monoisotopic (exact) mass is 454 g/mol. The van der Waals surface area contributed by atoms with Crippen LogP contribution in [0.5, 0.6) is 11.5 Å². The molecule has 8 heteroatoms. The van der Waals surface area contributed by atoms with Crippen LogP contribution < -0.4 is 20.1 Å². The summed E-state index contributed by atoms with van der Waals surface area (Å²) in [5, 5.41) is 5.49. The van der Waals surface area contributed by atoms with Crippen LogP contribution in [0, 0.1) is 0 Å². The maximum atomic E-state index is 12.2. The number of halogens is 1. The molecule has 2 aromatic rings. The summed E-state index contributed by atoms with van der Waals surface area (Å²) in [7, 11) is 0. The van der Waals surface area contributed by atoms with Gasteiger partial charge in [0.05, 0.1) is 34.5 Å². The van der Waals surface area contributed by atoms with Gasteiger partial charge in [-0.25, -0.2) is 0 Å². The lowest BCUT2D eigenvalue weighted by molar-refractivity contribution is -0.120. The summed E-state index contributed by atoms with van der Waals surface area (Å²) >= 11 is 4.63. The smallest absolute Gasteiger partial charge is 0.261 e. The van der Waals surface area contributed by atoms with Crippen molar-refractivity contribution in [1.82, 2.24) is 10.6 Å². The van der Waals surface area contributed by atoms with E-state index in [0.717, 1.165) is 9.35 Å². The zero-order valence-corrected chi connectivity index (χ0v) is 17.9. The number of thiophene rings is 1. The number of hydrogen-bond donors (Lipinski definition) is 2. The highest BCUT2D eigenvalue weighted by Gasteiger charge is 2.15. The number of carbonyl (C=O) groups excluding carboxylic acids is 2. The van der Waals surface area contributed by atoms with Gasteiger partial charge in [-0.05, 0) is 66.5 Å². The lowest BCUT2D eigenvalue weighted by atomic mass is 10.1. The van der Waals surface area contributed by atoms with Crippen molar-refractivity contribution in [2.45, 2.75) is 26.8 Å². The number of carbonyl (C=O) groups is 2. The SMILES string of the molecule is CCOc1ccc(C(C)NC(=O)CNC(=O)c2ccc(Br)s2)cc1OCC. The predicted octanol–water partition coefficient (Wildman–Crippen LogP) is 3.92. The first-order chi connectivity index (χ1) is 12.9. The quantitative estimate of drug-likeness (QED) is 0.601. The second kappa shape index (κ2) is 10.3. The fourth-order valence-electron chi connectivity index (χ4n) is 2.40. The van der Waals surface area contributed by atoms with E-state index in [1.165, 1.54) is 11.3 Å². The third-order valence-corrected chi connectivity index (χ3v) is 5.27. The van der Waals surface area contributed by atoms with Crippen molar-refractivity contribution in [3.05, 3.63) is 44.6 Å². The van der Waals surface area contributed by atoms with E-state index in [1.54, 1.807) is 12.1 Å². The van der Waals surface area contributed by atoms with Crippen LogP contribution in [0.15, 0.2) is 34.1 Å². The Balaban J connectivity index is 1.93. The van der Waals surface area contributed by atoms with Gasteiger partial charge in [0.25, 0.3) is 5.91 Å². The molecule has 146 valence electrons. The highest BCUT2D eigenvalue weighted by Crippen LogP contribution is 2.30. The van der Waals surface area contributed by atoms with E-state index < -0.39 is 0 Å². The van der Waals surface area contributed by atoms with Crippen molar-refractivity contribution in [3.63, 3.8) is 0 Å². The molecule has 2 N–H and O–H groups in total. The third-order valence-electron chi connectivity index (χ3n) is 3.65. The Morgan fingerprint density at radius 3 is 2.44 bits per heavy atom. The third kappa shape index (κ3) is 6.25. The van der Waals surface area contributed by atoms with E-state index >= 15 is 0 Å². The molecular weight excluding hydrogens is 432 g/mol. The normalized spacial score (nSPS) is 11.6. The average Bonchev–Trinajstić information content (AvgIpc) is 3.08. The first-order valence-electron chi connectivity index (χ1n) is 8.67. The molecule has 6 nitrogen and oxygen atoms in total. The van der Waals surface area contributed by atoms with Crippen molar-refractivity contribution < 1.29 is 19.1 Å². The van der Waals surface area contributed by atoms with Crippen LogP contribution >= 0.6 is 27.3 Å². The number of ether oxygens (including phenoxy) is 2. The molecule has 0 saturated heterocycles. The van der Waals surface area contributed by atoms with Gasteiger partial charge in [0, 0.05) is 0 Å². The van der Waals surface area contributed by atoms with Crippen molar-refractivity contribution in [2.24, 2.45) is 0 Å². The van der Waals surface area contributed by atoms with Gasteiger partial charge < -0.3 is 20.1 Å². The van der Waals surface area contributed by atoms with Gasteiger partial charge >= 0.3 is 0 Å². The Kier molecular flexibility index (Phi) is 8.12. The largest absolute Gasteiger partial charge is 0.490 e. The zero-order valence-electron chi connectivity index (χ0n) is 15.5. The Morgan fingerprint density at radius 1 is 1.11 bits per heavy atom. The fraction of sp³-hybridized carbons (Fsp3) is 0.368. The highest BCUT2D eigenvalue weighted by molar-refractivity contribution is 9.11. The first kappa shape index (κ1) is 21.2. The van der Waals surface area contributed by atoms with Gasteiger partial charge in [0.2, 0.25) is 5.91 Å². The molecule has 1 atom stereocenters. The van der Waals surface area contributed by atoms with Crippen molar-refractivity contribution in [2.75, 3.05) is 19.8 Å². The van der Waals surface area contributed by atoms with Crippen molar-refractivity contribution in [3.8, 4) is 11.5 Å². The second-order valence-electron chi connectivity index (χ2n) is 5.65. The molecule has 27 heavy (non-hydrogen) atoms. The molecule has 0 fully saturated rings. The summed E-state index contributed by atoms with van der Waals surface area (Å²) in [6.45, 7) is 6.68. The number of amides is 2. The van der Waals surface area contributed by atoms with Crippen LogP contribution in [0.25, 0.3) is 0 Å². The Bertz CT molecular complexity index is 794.